The van der Waals surface area contributed by atoms with Gasteiger partial charge in [0.2, 0.25) is 0 Å². The van der Waals surface area contributed by atoms with Crippen LogP contribution < -0.4 is 11.0 Å². The highest BCUT2D eigenvalue weighted by Gasteiger charge is 2.17. The van der Waals surface area contributed by atoms with E-state index in [0.29, 0.717) is 16.8 Å². The Kier molecular flexibility index (Phi) is 5.36. The van der Waals surface area contributed by atoms with Gasteiger partial charge >= 0.3 is 5.69 Å². The first kappa shape index (κ1) is 21.0. The molecule has 0 bridgehead atoms. The van der Waals surface area contributed by atoms with E-state index in [-0.39, 0.29) is 11.6 Å². The first-order valence-electron chi connectivity index (χ1n) is 10.1. The zero-order chi connectivity index (χ0) is 23.0. The van der Waals surface area contributed by atoms with E-state index in [1.54, 1.807) is 52.3 Å². The molecule has 0 unspecified atom stereocenters. The van der Waals surface area contributed by atoms with Gasteiger partial charge in [0.15, 0.2) is 0 Å². The van der Waals surface area contributed by atoms with Gasteiger partial charge in [0, 0.05) is 38.5 Å². The maximum absolute atomic E-state index is 13.2. The Morgan fingerprint density at radius 3 is 2.59 bits per heavy atom. The Morgan fingerprint density at radius 1 is 1.16 bits per heavy atom. The number of carbonyl (C=O) groups is 1. The lowest BCUT2D eigenvalue weighted by Gasteiger charge is -2.11. The summed E-state index contributed by atoms with van der Waals surface area (Å²) >= 11 is 0. The van der Waals surface area contributed by atoms with E-state index >= 15 is 0 Å². The van der Waals surface area contributed by atoms with Crippen molar-refractivity contribution in [2.24, 2.45) is 19.1 Å². The number of hydrogen-bond donors (Lipinski definition) is 1. The predicted molar refractivity (Wildman–Crippen MR) is 127 cm³/mol. The van der Waals surface area contributed by atoms with Crippen molar-refractivity contribution in [2.45, 2.75) is 6.92 Å². The third kappa shape index (κ3) is 3.45. The fourth-order valence-corrected chi connectivity index (χ4v) is 3.82. The summed E-state index contributed by atoms with van der Waals surface area (Å²) < 4.78 is 4.92. The summed E-state index contributed by atoms with van der Waals surface area (Å²) in [6.07, 6.45) is 5.53. The lowest BCUT2D eigenvalue weighted by Crippen LogP contribution is -2.21. The average molecular weight is 428 g/mol. The molecule has 32 heavy (non-hydrogen) atoms. The van der Waals surface area contributed by atoms with Gasteiger partial charge in [-0.3, -0.25) is 23.6 Å². The number of fused-ring (bicyclic) bond motifs is 1. The molecule has 162 valence electrons. The molecule has 4 aromatic rings. The van der Waals surface area contributed by atoms with E-state index in [2.05, 4.69) is 22.1 Å². The molecule has 8 nitrogen and oxygen atoms in total. The minimum Gasteiger partial charge on any atom is -0.355 e. The number of carbonyl (C=O) groups excluding carboxylic acids is 1. The van der Waals surface area contributed by atoms with E-state index in [0.717, 1.165) is 27.9 Å². The lowest BCUT2D eigenvalue weighted by atomic mass is 10.0. The number of rotatable bonds is 5. The Morgan fingerprint density at radius 2 is 1.94 bits per heavy atom. The Bertz CT molecular complexity index is 1450. The highest BCUT2D eigenvalue weighted by atomic mass is 16.2. The quantitative estimate of drug-likeness (QED) is 0.496. The minimum absolute atomic E-state index is 0.187. The second-order valence-electron chi connectivity index (χ2n) is 7.54. The molecule has 0 spiro atoms. The predicted octanol–water partition coefficient (Wildman–Crippen LogP) is 2.93. The number of benzene rings is 2. The zero-order valence-electron chi connectivity index (χ0n) is 18.5. The van der Waals surface area contributed by atoms with Crippen LogP contribution in [-0.4, -0.2) is 38.6 Å². The Balaban J connectivity index is 1.93. The van der Waals surface area contributed by atoms with Gasteiger partial charge in [0.1, 0.15) is 0 Å². The first-order chi connectivity index (χ1) is 15.3. The lowest BCUT2D eigenvalue weighted by molar-refractivity contribution is 0.0963. The molecule has 4 rings (SSSR count). The normalized spacial score (nSPS) is 11.7. The van der Waals surface area contributed by atoms with Crippen LogP contribution in [0.25, 0.3) is 28.5 Å². The monoisotopic (exact) mass is 428 g/mol. The van der Waals surface area contributed by atoms with Crippen LogP contribution in [0.2, 0.25) is 0 Å². The summed E-state index contributed by atoms with van der Waals surface area (Å²) in [5.74, 6) is -0.207. The summed E-state index contributed by atoms with van der Waals surface area (Å²) in [5.41, 5.74) is 5.78. The van der Waals surface area contributed by atoms with Crippen molar-refractivity contribution in [2.75, 3.05) is 7.05 Å². The zero-order valence-corrected chi connectivity index (χ0v) is 18.5. The molecule has 1 N–H and O–H groups in total. The van der Waals surface area contributed by atoms with Crippen LogP contribution in [0.15, 0.2) is 58.6 Å². The second-order valence-corrected chi connectivity index (χ2v) is 7.54. The number of aromatic nitrogens is 4. The summed E-state index contributed by atoms with van der Waals surface area (Å²) in [5, 5.41) is 6.83. The number of aliphatic imine (C=N–C) groups is 1. The van der Waals surface area contributed by atoms with E-state index in [9.17, 15) is 9.59 Å². The van der Waals surface area contributed by atoms with Gasteiger partial charge in [-0.25, -0.2) is 4.79 Å². The standard InChI is InChI=1S/C24H24N6O2/c1-15-16(11-19(25-2)18-13-27-28(4)14-18)7-6-8-20(15)30-22-12-17(23(31)26-3)9-10-21(22)29(5)24(30)32/h6-14H,2H2,1,3-5H3,(H,26,31)/b19-11-. The van der Waals surface area contributed by atoms with Crippen LogP contribution in [0.3, 0.4) is 0 Å². The molecule has 0 radical (unpaired) electrons. The van der Waals surface area contributed by atoms with E-state index in [4.69, 9.17) is 0 Å². The summed E-state index contributed by atoms with van der Waals surface area (Å²) in [7, 11) is 5.15. The molecule has 0 atom stereocenters. The molecular formula is C24H24N6O2. The van der Waals surface area contributed by atoms with Crippen LogP contribution in [-0.2, 0) is 14.1 Å². The fourth-order valence-electron chi connectivity index (χ4n) is 3.82. The molecule has 2 heterocycles. The van der Waals surface area contributed by atoms with Crippen molar-refractivity contribution in [3.05, 3.63) is 81.5 Å². The molecule has 0 saturated heterocycles. The molecule has 2 aromatic heterocycles. The number of imidazole rings is 1. The van der Waals surface area contributed by atoms with Crippen LogP contribution >= 0.6 is 0 Å². The Hall–Kier alpha value is -4.20. The second kappa shape index (κ2) is 8.14. The average Bonchev–Trinajstić information content (AvgIpc) is 3.33. The molecular weight excluding hydrogens is 404 g/mol. The van der Waals surface area contributed by atoms with Crippen molar-refractivity contribution < 1.29 is 4.79 Å². The summed E-state index contributed by atoms with van der Waals surface area (Å²) in [4.78, 5) is 29.5. The van der Waals surface area contributed by atoms with Gasteiger partial charge in [-0.15, -0.1) is 0 Å². The smallest absolute Gasteiger partial charge is 0.333 e. The van der Waals surface area contributed by atoms with Crippen LogP contribution in [0.1, 0.15) is 27.0 Å². The highest BCUT2D eigenvalue weighted by Crippen LogP contribution is 2.26. The molecule has 0 aliphatic carbocycles. The SMILES string of the molecule is C=N/C(=C\c1cccc(-n2c(=O)n(C)c3ccc(C(=O)NC)cc32)c1C)c1cnn(C)c1. The maximum atomic E-state index is 13.2. The van der Waals surface area contributed by atoms with Crippen molar-refractivity contribution in [1.29, 1.82) is 0 Å². The van der Waals surface area contributed by atoms with Gasteiger partial charge in [0.05, 0.1) is 28.6 Å². The van der Waals surface area contributed by atoms with Crippen molar-refractivity contribution >= 4 is 35.4 Å². The topological polar surface area (TPSA) is 86.2 Å². The molecule has 0 aliphatic rings. The Labute approximate surface area is 185 Å². The summed E-state index contributed by atoms with van der Waals surface area (Å²) in [6.45, 7) is 5.65. The highest BCUT2D eigenvalue weighted by molar-refractivity contribution is 5.97. The van der Waals surface area contributed by atoms with Gasteiger partial charge in [-0.2, -0.15) is 5.10 Å². The van der Waals surface area contributed by atoms with Crippen LogP contribution in [0, 0.1) is 6.92 Å². The number of nitrogens with one attached hydrogen (secondary N) is 1. The number of hydrogen-bond acceptors (Lipinski definition) is 4. The van der Waals surface area contributed by atoms with Gasteiger partial charge < -0.3 is 5.32 Å². The van der Waals surface area contributed by atoms with Crippen molar-refractivity contribution in [3.8, 4) is 5.69 Å². The van der Waals surface area contributed by atoms with E-state index < -0.39 is 0 Å². The van der Waals surface area contributed by atoms with Gasteiger partial charge in [-0.05, 0) is 55.1 Å². The molecule has 1 amide bonds. The minimum atomic E-state index is -0.207. The molecule has 8 heteroatoms. The van der Waals surface area contributed by atoms with Crippen molar-refractivity contribution in [3.63, 3.8) is 0 Å². The van der Waals surface area contributed by atoms with E-state index in [1.807, 2.05) is 44.4 Å². The molecule has 0 aliphatic heterocycles. The largest absolute Gasteiger partial charge is 0.355 e. The number of nitrogens with zero attached hydrogens (tertiary/aromatic N) is 5. The number of aryl methyl sites for hydroxylation is 2. The third-order valence-electron chi connectivity index (χ3n) is 5.60. The molecule has 0 fully saturated rings. The summed E-state index contributed by atoms with van der Waals surface area (Å²) in [6, 6.07) is 11.0. The third-order valence-corrected chi connectivity index (χ3v) is 5.60. The van der Waals surface area contributed by atoms with Crippen molar-refractivity contribution in [1.82, 2.24) is 24.2 Å². The van der Waals surface area contributed by atoms with Gasteiger partial charge in [-0.1, -0.05) is 12.1 Å². The van der Waals surface area contributed by atoms with Crippen LogP contribution in [0.4, 0.5) is 0 Å². The fraction of sp³-hybridized carbons (Fsp3) is 0.167. The molecule has 2 aromatic carbocycles. The first-order valence-corrected chi connectivity index (χ1v) is 10.1. The maximum Gasteiger partial charge on any atom is 0.333 e. The van der Waals surface area contributed by atoms with E-state index in [1.165, 1.54) is 0 Å². The number of amides is 1. The van der Waals surface area contributed by atoms with Crippen LogP contribution in [0.5, 0.6) is 0 Å². The molecule has 0 saturated carbocycles. The van der Waals surface area contributed by atoms with Gasteiger partial charge in [0.25, 0.3) is 5.91 Å².